The molecule has 0 amide bonds. The van der Waals surface area contributed by atoms with Crippen LogP contribution in [0.15, 0.2) is 6.20 Å². The van der Waals surface area contributed by atoms with Gasteiger partial charge in [0.25, 0.3) is 0 Å². The highest BCUT2D eigenvalue weighted by Gasteiger charge is 2.23. The fourth-order valence-corrected chi connectivity index (χ4v) is 4.24. The lowest BCUT2D eigenvalue weighted by Gasteiger charge is -2.30. The molecule has 2 aliphatic rings. The SMILES string of the molecule is CN(Cc1cnc(C2CCC2)s1)CC(O)CN1CCOCC1. The van der Waals surface area contributed by atoms with Crippen molar-refractivity contribution in [2.75, 3.05) is 46.4 Å². The molecule has 22 heavy (non-hydrogen) atoms. The molecule has 5 nitrogen and oxygen atoms in total. The third-order valence-corrected chi connectivity index (χ3v) is 5.69. The summed E-state index contributed by atoms with van der Waals surface area (Å²) in [6.07, 6.45) is 5.68. The highest BCUT2D eigenvalue weighted by molar-refractivity contribution is 7.11. The van der Waals surface area contributed by atoms with Gasteiger partial charge < -0.3 is 9.84 Å². The van der Waals surface area contributed by atoms with Crippen molar-refractivity contribution in [2.45, 2.75) is 37.8 Å². The summed E-state index contributed by atoms with van der Waals surface area (Å²) in [6.45, 7) is 5.75. The second kappa shape index (κ2) is 7.84. The van der Waals surface area contributed by atoms with Crippen LogP contribution in [0, 0.1) is 0 Å². The van der Waals surface area contributed by atoms with Gasteiger partial charge in [-0.1, -0.05) is 6.42 Å². The molecule has 1 atom stereocenters. The van der Waals surface area contributed by atoms with Crippen LogP contribution < -0.4 is 0 Å². The van der Waals surface area contributed by atoms with Gasteiger partial charge in [-0.3, -0.25) is 9.80 Å². The van der Waals surface area contributed by atoms with E-state index < -0.39 is 0 Å². The summed E-state index contributed by atoms with van der Waals surface area (Å²) in [5.41, 5.74) is 0. The van der Waals surface area contributed by atoms with Crippen LogP contribution in [0.4, 0.5) is 0 Å². The predicted octanol–water partition coefficient (Wildman–Crippen LogP) is 1.54. The standard InChI is InChI=1S/C16H27N3O2S/c1-18(10-14(20)11-19-5-7-21-8-6-19)12-15-9-17-16(22-15)13-3-2-4-13/h9,13-14,20H,2-8,10-12H2,1H3. The molecule has 1 saturated heterocycles. The molecule has 0 spiro atoms. The van der Waals surface area contributed by atoms with E-state index in [9.17, 15) is 5.11 Å². The maximum atomic E-state index is 10.3. The number of aliphatic hydroxyl groups excluding tert-OH is 1. The molecule has 0 bridgehead atoms. The molecule has 2 heterocycles. The van der Waals surface area contributed by atoms with Crippen LogP contribution in [0.3, 0.4) is 0 Å². The molecule has 1 saturated carbocycles. The van der Waals surface area contributed by atoms with Crippen LogP contribution in [0.5, 0.6) is 0 Å². The third kappa shape index (κ3) is 4.49. The zero-order chi connectivity index (χ0) is 15.4. The first-order valence-corrected chi connectivity index (χ1v) is 9.13. The zero-order valence-electron chi connectivity index (χ0n) is 13.4. The Kier molecular flexibility index (Phi) is 5.82. The minimum absolute atomic E-state index is 0.304. The summed E-state index contributed by atoms with van der Waals surface area (Å²) in [4.78, 5) is 10.4. The number of hydrogen-bond acceptors (Lipinski definition) is 6. The van der Waals surface area contributed by atoms with E-state index >= 15 is 0 Å². The van der Waals surface area contributed by atoms with Crippen molar-refractivity contribution in [1.82, 2.24) is 14.8 Å². The van der Waals surface area contributed by atoms with Crippen LogP contribution in [0.1, 0.15) is 35.1 Å². The van der Waals surface area contributed by atoms with Gasteiger partial charge in [-0.2, -0.15) is 0 Å². The summed E-state index contributed by atoms with van der Waals surface area (Å²) in [5.74, 6) is 0.718. The summed E-state index contributed by atoms with van der Waals surface area (Å²) in [6, 6.07) is 0. The van der Waals surface area contributed by atoms with Crippen LogP contribution in [-0.4, -0.2) is 72.4 Å². The normalized spacial score (nSPS) is 22.0. The van der Waals surface area contributed by atoms with Gasteiger partial charge in [0.15, 0.2) is 0 Å². The van der Waals surface area contributed by atoms with Crippen molar-refractivity contribution in [1.29, 1.82) is 0 Å². The molecule has 1 aromatic rings. The van der Waals surface area contributed by atoms with Crippen LogP contribution in [0.2, 0.25) is 0 Å². The van der Waals surface area contributed by atoms with Gasteiger partial charge in [-0.05, 0) is 19.9 Å². The topological polar surface area (TPSA) is 48.8 Å². The first kappa shape index (κ1) is 16.3. The molecule has 1 aliphatic carbocycles. The average Bonchev–Trinajstić information content (AvgIpc) is 2.85. The third-order valence-electron chi connectivity index (χ3n) is 4.55. The van der Waals surface area contributed by atoms with Crippen LogP contribution >= 0.6 is 11.3 Å². The largest absolute Gasteiger partial charge is 0.390 e. The Morgan fingerprint density at radius 1 is 1.45 bits per heavy atom. The Labute approximate surface area is 136 Å². The molecule has 1 unspecified atom stereocenters. The van der Waals surface area contributed by atoms with E-state index in [1.807, 2.05) is 17.5 Å². The number of rotatable bonds is 7. The summed E-state index contributed by atoms with van der Waals surface area (Å²) in [7, 11) is 2.07. The van der Waals surface area contributed by atoms with Crippen molar-refractivity contribution in [2.24, 2.45) is 0 Å². The van der Waals surface area contributed by atoms with E-state index in [4.69, 9.17) is 4.74 Å². The lowest BCUT2D eigenvalue weighted by molar-refractivity contribution is 0.00830. The molecule has 124 valence electrons. The molecular weight excluding hydrogens is 298 g/mol. The molecule has 1 N–H and O–H groups in total. The van der Waals surface area contributed by atoms with Gasteiger partial charge in [0.05, 0.1) is 24.3 Å². The average molecular weight is 325 g/mol. The number of β-amino-alcohol motifs (C(OH)–C–C–N with tert-alkyl or cyclic N) is 1. The molecule has 2 fully saturated rings. The Bertz CT molecular complexity index is 458. The Morgan fingerprint density at radius 3 is 2.91 bits per heavy atom. The van der Waals surface area contributed by atoms with E-state index in [1.165, 1.54) is 29.1 Å². The Balaban J connectivity index is 1.40. The Morgan fingerprint density at radius 2 is 2.23 bits per heavy atom. The van der Waals surface area contributed by atoms with Crippen molar-refractivity contribution in [3.05, 3.63) is 16.1 Å². The van der Waals surface area contributed by atoms with Gasteiger partial charge in [-0.15, -0.1) is 11.3 Å². The summed E-state index contributed by atoms with van der Waals surface area (Å²) < 4.78 is 5.34. The zero-order valence-corrected chi connectivity index (χ0v) is 14.2. The highest BCUT2D eigenvalue weighted by atomic mass is 32.1. The first-order chi connectivity index (χ1) is 10.7. The number of morpholine rings is 1. The predicted molar refractivity (Wildman–Crippen MR) is 88.3 cm³/mol. The number of aliphatic hydroxyl groups is 1. The minimum atomic E-state index is -0.304. The van der Waals surface area contributed by atoms with Crippen molar-refractivity contribution >= 4 is 11.3 Å². The van der Waals surface area contributed by atoms with Gasteiger partial charge >= 0.3 is 0 Å². The van der Waals surface area contributed by atoms with Crippen molar-refractivity contribution in [3.63, 3.8) is 0 Å². The van der Waals surface area contributed by atoms with Crippen molar-refractivity contribution in [3.8, 4) is 0 Å². The molecule has 6 heteroatoms. The van der Waals surface area contributed by atoms with E-state index in [1.54, 1.807) is 0 Å². The van der Waals surface area contributed by atoms with Crippen molar-refractivity contribution < 1.29 is 9.84 Å². The summed E-state index contributed by atoms with van der Waals surface area (Å²) >= 11 is 1.85. The van der Waals surface area contributed by atoms with E-state index in [2.05, 4.69) is 21.8 Å². The summed E-state index contributed by atoms with van der Waals surface area (Å²) in [5, 5.41) is 11.6. The number of likely N-dealkylation sites (N-methyl/N-ethyl adjacent to an activating group) is 1. The number of aromatic nitrogens is 1. The van der Waals surface area contributed by atoms with E-state index in [-0.39, 0.29) is 6.10 Å². The molecule has 0 radical (unpaired) electrons. The highest BCUT2D eigenvalue weighted by Crippen LogP contribution is 2.38. The second-order valence-electron chi connectivity index (χ2n) is 6.56. The number of ether oxygens (including phenoxy) is 1. The van der Waals surface area contributed by atoms with Gasteiger partial charge in [0.2, 0.25) is 0 Å². The number of hydrogen-bond donors (Lipinski definition) is 1. The maximum Gasteiger partial charge on any atom is 0.0959 e. The van der Waals surface area contributed by atoms with Gasteiger partial charge in [-0.25, -0.2) is 4.98 Å². The van der Waals surface area contributed by atoms with E-state index in [0.717, 1.165) is 45.3 Å². The van der Waals surface area contributed by atoms with Gasteiger partial charge in [0, 0.05) is 49.7 Å². The number of thiazole rings is 1. The lowest BCUT2D eigenvalue weighted by Crippen LogP contribution is -2.43. The number of nitrogens with zero attached hydrogens (tertiary/aromatic N) is 3. The molecule has 1 aromatic heterocycles. The fourth-order valence-electron chi connectivity index (χ4n) is 3.07. The van der Waals surface area contributed by atoms with Gasteiger partial charge in [0.1, 0.15) is 0 Å². The quantitative estimate of drug-likeness (QED) is 0.824. The smallest absolute Gasteiger partial charge is 0.0959 e. The molecule has 0 aromatic carbocycles. The monoisotopic (exact) mass is 325 g/mol. The van der Waals surface area contributed by atoms with Crippen LogP contribution in [-0.2, 0) is 11.3 Å². The fraction of sp³-hybridized carbons (Fsp3) is 0.812. The molecular formula is C16H27N3O2S. The maximum absolute atomic E-state index is 10.3. The van der Waals surface area contributed by atoms with E-state index in [0.29, 0.717) is 6.54 Å². The first-order valence-electron chi connectivity index (χ1n) is 8.32. The van der Waals surface area contributed by atoms with Crippen LogP contribution in [0.25, 0.3) is 0 Å². The lowest BCUT2D eigenvalue weighted by atomic mass is 9.86. The minimum Gasteiger partial charge on any atom is -0.390 e. The Hall–Kier alpha value is -0.530. The second-order valence-corrected chi connectivity index (χ2v) is 7.70. The molecule has 1 aliphatic heterocycles. The molecule has 3 rings (SSSR count).